The van der Waals surface area contributed by atoms with E-state index in [2.05, 4.69) is 26.0 Å². The second-order valence-corrected chi connectivity index (χ2v) is 6.10. The molecule has 6 nitrogen and oxygen atoms in total. The maximum atomic E-state index is 13.5. The molecule has 0 radical (unpaired) electrons. The Morgan fingerprint density at radius 1 is 1.30 bits per heavy atom. The molecule has 0 aromatic heterocycles. The van der Waals surface area contributed by atoms with Crippen molar-refractivity contribution in [1.29, 1.82) is 0 Å². The van der Waals surface area contributed by atoms with Crippen LogP contribution in [0, 0.1) is 11.7 Å². The molecule has 0 unspecified atom stereocenters. The van der Waals surface area contributed by atoms with Crippen LogP contribution >= 0.6 is 15.9 Å². The van der Waals surface area contributed by atoms with Gasteiger partial charge in [0.2, 0.25) is 0 Å². The molecule has 0 bridgehead atoms. The van der Waals surface area contributed by atoms with E-state index in [1.165, 1.54) is 12.1 Å². The Bertz CT molecular complexity index is 593. The Morgan fingerprint density at radius 3 is 2.65 bits per heavy atom. The van der Waals surface area contributed by atoms with Crippen molar-refractivity contribution >= 4 is 33.8 Å². The van der Waals surface area contributed by atoms with Crippen molar-refractivity contribution in [3.8, 4) is 0 Å². The highest BCUT2D eigenvalue weighted by Crippen LogP contribution is 2.16. The van der Waals surface area contributed by atoms with Gasteiger partial charge in [-0.05, 0) is 30.5 Å². The lowest BCUT2D eigenvalue weighted by Gasteiger charge is -2.09. The molecule has 0 saturated heterocycles. The fourth-order valence-corrected chi connectivity index (χ4v) is 1.91. The van der Waals surface area contributed by atoms with Crippen LogP contribution < -0.4 is 10.6 Å². The predicted octanol–water partition coefficient (Wildman–Crippen LogP) is 2.62. The maximum Gasteiger partial charge on any atom is 0.341 e. The SMILES string of the molecule is CC(C)CCNC(=O)NC(=O)COC(=O)c1cc(Br)ccc1F. The highest BCUT2D eigenvalue weighted by atomic mass is 79.9. The number of benzene rings is 1. The van der Waals surface area contributed by atoms with E-state index in [9.17, 15) is 18.8 Å². The molecule has 0 heterocycles. The predicted molar refractivity (Wildman–Crippen MR) is 85.4 cm³/mol. The molecule has 8 heteroatoms. The number of esters is 1. The molecule has 23 heavy (non-hydrogen) atoms. The Balaban J connectivity index is 2.39. The normalized spacial score (nSPS) is 10.3. The molecular weight excluding hydrogens is 371 g/mol. The molecule has 0 aliphatic rings. The van der Waals surface area contributed by atoms with Crippen LogP contribution in [0.15, 0.2) is 22.7 Å². The summed E-state index contributed by atoms with van der Waals surface area (Å²) in [5.41, 5.74) is -0.298. The summed E-state index contributed by atoms with van der Waals surface area (Å²) >= 11 is 3.10. The molecule has 0 aliphatic carbocycles. The standard InChI is InChI=1S/C15H18BrFN2O4/c1-9(2)5-6-18-15(22)19-13(20)8-23-14(21)11-7-10(16)3-4-12(11)17/h3-4,7,9H,5-6,8H2,1-2H3,(H2,18,19,20,22). The number of ether oxygens (including phenoxy) is 1. The molecular formula is C15H18BrFN2O4. The van der Waals surface area contributed by atoms with E-state index in [0.717, 1.165) is 12.5 Å². The van der Waals surface area contributed by atoms with Crippen LogP contribution in [0.5, 0.6) is 0 Å². The Morgan fingerprint density at radius 2 is 2.00 bits per heavy atom. The zero-order chi connectivity index (χ0) is 17.4. The monoisotopic (exact) mass is 388 g/mol. The van der Waals surface area contributed by atoms with Crippen LogP contribution in [0.1, 0.15) is 30.6 Å². The van der Waals surface area contributed by atoms with Crippen molar-refractivity contribution in [1.82, 2.24) is 10.6 Å². The number of hydrogen-bond donors (Lipinski definition) is 2. The van der Waals surface area contributed by atoms with E-state index in [1.54, 1.807) is 0 Å². The minimum absolute atomic E-state index is 0.298. The number of rotatable bonds is 6. The second-order valence-electron chi connectivity index (χ2n) is 5.19. The number of urea groups is 1. The number of nitrogens with one attached hydrogen (secondary N) is 2. The summed E-state index contributed by atoms with van der Waals surface area (Å²) in [5, 5.41) is 4.52. The minimum atomic E-state index is -0.987. The van der Waals surface area contributed by atoms with Crippen molar-refractivity contribution in [3.63, 3.8) is 0 Å². The fourth-order valence-electron chi connectivity index (χ4n) is 1.54. The van der Waals surface area contributed by atoms with E-state index < -0.39 is 30.3 Å². The van der Waals surface area contributed by atoms with Gasteiger partial charge in [-0.25, -0.2) is 14.0 Å². The average Bonchev–Trinajstić information content (AvgIpc) is 2.46. The number of carbonyl (C=O) groups is 3. The van der Waals surface area contributed by atoms with E-state index in [0.29, 0.717) is 16.9 Å². The topological polar surface area (TPSA) is 84.5 Å². The number of carbonyl (C=O) groups excluding carboxylic acids is 3. The smallest absolute Gasteiger partial charge is 0.341 e. The molecule has 3 amide bonds. The van der Waals surface area contributed by atoms with Gasteiger partial charge in [0.05, 0.1) is 5.56 Å². The van der Waals surface area contributed by atoms with Gasteiger partial charge in [-0.3, -0.25) is 10.1 Å². The number of halogens is 2. The van der Waals surface area contributed by atoms with Crippen molar-refractivity contribution in [2.75, 3.05) is 13.2 Å². The molecule has 0 saturated carbocycles. The molecule has 0 atom stereocenters. The third-order valence-electron chi connectivity index (χ3n) is 2.74. The van der Waals surface area contributed by atoms with Crippen LogP contribution in [-0.4, -0.2) is 31.1 Å². The van der Waals surface area contributed by atoms with Crippen LogP contribution in [-0.2, 0) is 9.53 Å². The first-order valence-electron chi connectivity index (χ1n) is 6.99. The van der Waals surface area contributed by atoms with E-state index in [4.69, 9.17) is 0 Å². The number of amides is 3. The summed E-state index contributed by atoms with van der Waals surface area (Å²) in [6.07, 6.45) is 0.777. The lowest BCUT2D eigenvalue weighted by Crippen LogP contribution is -2.42. The Kier molecular flexibility index (Phi) is 7.67. The quantitative estimate of drug-likeness (QED) is 0.733. The van der Waals surface area contributed by atoms with Gasteiger partial charge in [0, 0.05) is 11.0 Å². The summed E-state index contributed by atoms with van der Waals surface area (Å²) in [5.74, 6) is -2.12. The molecule has 1 rings (SSSR count). The fraction of sp³-hybridized carbons (Fsp3) is 0.400. The molecule has 0 aliphatic heterocycles. The van der Waals surface area contributed by atoms with Crippen molar-refractivity contribution in [2.45, 2.75) is 20.3 Å². The van der Waals surface area contributed by atoms with Crippen LogP contribution in [0.2, 0.25) is 0 Å². The van der Waals surface area contributed by atoms with Gasteiger partial charge in [0.15, 0.2) is 6.61 Å². The largest absolute Gasteiger partial charge is 0.452 e. The first kappa shape index (κ1) is 19.1. The summed E-state index contributed by atoms with van der Waals surface area (Å²) in [6, 6.07) is 3.11. The molecule has 1 aromatic rings. The lowest BCUT2D eigenvalue weighted by atomic mass is 10.1. The summed E-state index contributed by atoms with van der Waals surface area (Å²) in [7, 11) is 0. The molecule has 2 N–H and O–H groups in total. The van der Waals surface area contributed by atoms with Gasteiger partial charge >= 0.3 is 12.0 Å². The number of hydrogen-bond acceptors (Lipinski definition) is 4. The third kappa shape index (κ3) is 7.23. The van der Waals surface area contributed by atoms with E-state index in [1.807, 2.05) is 19.2 Å². The summed E-state index contributed by atoms with van der Waals surface area (Å²) < 4.78 is 18.7. The van der Waals surface area contributed by atoms with Gasteiger partial charge in [0.25, 0.3) is 5.91 Å². The van der Waals surface area contributed by atoms with Gasteiger partial charge in [0.1, 0.15) is 5.82 Å². The minimum Gasteiger partial charge on any atom is -0.452 e. The molecule has 1 aromatic carbocycles. The van der Waals surface area contributed by atoms with Crippen LogP contribution in [0.3, 0.4) is 0 Å². The number of imide groups is 1. The average molecular weight is 389 g/mol. The van der Waals surface area contributed by atoms with Gasteiger partial charge in [-0.15, -0.1) is 0 Å². The molecule has 0 fully saturated rings. The Labute approximate surface area is 141 Å². The third-order valence-corrected chi connectivity index (χ3v) is 3.24. The van der Waals surface area contributed by atoms with E-state index in [-0.39, 0.29) is 5.56 Å². The Hall–Kier alpha value is -1.96. The first-order chi connectivity index (χ1) is 10.8. The lowest BCUT2D eigenvalue weighted by molar-refractivity contribution is -0.123. The highest BCUT2D eigenvalue weighted by molar-refractivity contribution is 9.10. The van der Waals surface area contributed by atoms with Gasteiger partial charge < -0.3 is 10.1 Å². The van der Waals surface area contributed by atoms with Crippen molar-refractivity contribution in [2.24, 2.45) is 5.92 Å². The van der Waals surface area contributed by atoms with Crippen LogP contribution in [0.25, 0.3) is 0 Å². The zero-order valence-corrected chi connectivity index (χ0v) is 14.4. The van der Waals surface area contributed by atoms with Gasteiger partial charge in [-0.2, -0.15) is 0 Å². The maximum absolute atomic E-state index is 13.5. The summed E-state index contributed by atoms with van der Waals surface area (Å²) in [6.45, 7) is 3.76. The van der Waals surface area contributed by atoms with Crippen LogP contribution in [0.4, 0.5) is 9.18 Å². The second kappa shape index (κ2) is 9.24. The van der Waals surface area contributed by atoms with E-state index >= 15 is 0 Å². The van der Waals surface area contributed by atoms with Crippen molar-refractivity contribution in [3.05, 3.63) is 34.1 Å². The van der Waals surface area contributed by atoms with Crippen molar-refractivity contribution < 1.29 is 23.5 Å². The summed E-state index contributed by atoms with van der Waals surface area (Å²) in [4.78, 5) is 34.6. The first-order valence-corrected chi connectivity index (χ1v) is 7.78. The molecule has 0 spiro atoms. The highest BCUT2D eigenvalue weighted by Gasteiger charge is 2.16. The molecule has 126 valence electrons. The van der Waals surface area contributed by atoms with Gasteiger partial charge in [-0.1, -0.05) is 29.8 Å². The zero-order valence-electron chi connectivity index (χ0n) is 12.8.